The number of aromatic hydroxyl groups is 2. The lowest BCUT2D eigenvalue weighted by Crippen LogP contribution is -2.61. The number of aromatic nitrogens is 1. The van der Waals surface area contributed by atoms with Crippen LogP contribution in [0, 0.1) is 5.92 Å². The number of aliphatic hydroxyl groups excluding tert-OH is 1. The van der Waals surface area contributed by atoms with Crippen molar-refractivity contribution < 1.29 is 68.4 Å². The Balaban J connectivity index is 1.43. The number of primary amides is 1. The average Bonchev–Trinajstić information content (AvgIpc) is 3.79. The van der Waals surface area contributed by atoms with Crippen LogP contribution in [0.15, 0.2) is 79.0 Å². The minimum absolute atomic E-state index is 0.0113. The molecule has 0 aliphatic carbocycles. The topological polar surface area (TPSA) is 416 Å². The maximum absolute atomic E-state index is 14.0. The SMILES string of the molecule is CSCC[C@H](NC(=O)[C@H](CO)NC(=O)[C@H](Cc1ccc(O)cc1)NC(=O)[C@H](Cc1ccc(O)cc1)NC(=O)[C@H](C)N)C(=O)N[C@H](C(=O)NCC(=O)N[C@@H](CC(N)=O)C(=O)N[C@@H](Cc1c[nH]c2ccccc12)C(=O)O)C(C)C. The van der Waals surface area contributed by atoms with Crippen LogP contribution in [-0.2, 0) is 67.2 Å². The first-order chi connectivity index (χ1) is 36.5. The molecule has 1 aromatic heterocycles. The van der Waals surface area contributed by atoms with Gasteiger partial charge >= 0.3 is 5.97 Å². The van der Waals surface area contributed by atoms with E-state index in [0.717, 1.165) is 10.9 Å². The number of carbonyl (C=O) groups is 10. The molecule has 0 aliphatic heterocycles. The van der Waals surface area contributed by atoms with Crippen molar-refractivity contribution in [1.82, 2.24) is 47.5 Å². The molecule has 3 aromatic carbocycles. The summed E-state index contributed by atoms with van der Waals surface area (Å²) in [5.74, 6) is -10.1. The quantitative estimate of drug-likeness (QED) is 0.0264. The standard InChI is InChI=1S/C51H67N11O14S/c1-26(2)43(50(74)55-24-42(67)56-38(22-41(53)66)48(72)60-39(51(75)76)21-30-23-54-34-8-6-5-7-33(30)34)62-45(69)35(17-18-77-4)57-49(73)40(25-63)61-47(71)37(20-29-11-15-32(65)16-12-29)59-46(70)36(58-44(68)27(3)52)19-28-9-13-31(64)14-10-28/h5-16,23,26-27,35-40,43,54,63-65H,17-22,24-25,52H2,1-4H3,(H2,53,66)(H,55,74)(H,56,67)(H,57,73)(H,58,68)(H,59,70)(H,60,72)(H,61,71)(H,62,69)(H,75,76)/t27-,35-,36-,37-,38-,39-,40-,43-/m0/s1. The van der Waals surface area contributed by atoms with Crippen molar-refractivity contribution in [3.8, 4) is 11.5 Å². The Labute approximate surface area is 447 Å². The number of nitrogens with two attached hydrogens (primary N) is 2. The van der Waals surface area contributed by atoms with Crippen LogP contribution < -0.4 is 54.0 Å². The lowest BCUT2D eigenvalue weighted by atomic mass is 10.0. The van der Waals surface area contributed by atoms with Crippen LogP contribution in [0.5, 0.6) is 11.5 Å². The van der Waals surface area contributed by atoms with Gasteiger partial charge in [0, 0.05) is 36.4 Å². The Kier molecular flexibility index (Phi) is 23.7. The molecular formula is C51H67N11O14S. The maximum atomic E-state index is 14.0. The molecule has 25 nitrogen and oxygen atoms in total. The number of phenols is 2. The van der Waals surface area contributed by atoms with Crippen molar-refractivity contribution in [2.75, 3.05) is 25.2 Å². The summed E-state index contributed by atoms with van der Waals surface area (Å²) in [6.07, 6.45) is 2.12. The van der Waals surface area contributed by atoms with Crippen LogP contribution in [0.25, 0.3) is 10.9 Å². The fourth-order valence-corrected chi connectivity index (χ4v) is 8.16. The van der Waals surface area contributed by atoms with Gasteiger partial charge in [-0.1, -0.05) is 56.3 Å². The number of hydrogen-bond donors (Lipinski definition) is 15. The highest BCUT2D eigenvalue weighted by molar-refractivity contribution is 7.98. The molecule has 17 N–H and O–H groups in total. The highest BCUT2D eigenvalue weighted by atomic mass is 32.2. The van der Waals surface area contributed by atoms with Crippen molar-refractivity contribution in [1.29, 1.82) is 0 Å². The molecule has 77 heavy (non-hydrogen) atoms. The number of nitrogens with one attached hydrogen (secondary N) is 9. The Hall–Kier alpha value is -8.23. The number of carboxylic acid groups (broad SMARTS) is 1. The highest BCUT2D eigenvalue weighted by Gasteiger charge is 2.34. The second-order valence-corrected chi connectivity index (χ2v) is 19.4. The number of thioether (sulfide) groups is 1. The number of H-pyrrole nitrogens is 1. The van der Waals surface area contributed by atoms with Gasteiger partial charge in [-0.25, -0.2) is 4.79 Å². The number of aromatic amines is 1. The van der Waals surface area contributed by atoms with Crippen molar-refractivity contribution in [3.63, 3.8) is 0 Å². The summed E-state index contributed by atoms with van der Waals surface area (Å²) >= 11 is 1.32. The molecule has 8 atom stereocenters. The summed E-state index contributed by atoms with van der Waals surface area (Å²) in [5, 5.41) is 60.3. The largest absolute Gasteiger partial charge is 0.508 e. The predicted octanol–water partition coefficient (Wildman–Crippen LogP) is -2.17. The number of aliphatic carboxylic acids is 1. The summed E-state index contributed by atoms with van der Waals surface area (Å²) in [6.45, 7) is 2.79. The Morgan fingerprint density at radius 3 is 1.61 bits per heavy atom. The lowest BCUT2D eigenvalue weighted by molar-refractivity contribution is -0.142. The van der Waals surface area contributed by atoms with Crippen molar-refractivity contribution in [3.05, 3.63) is 95.7 Å². The van der Waals surface area contributed by atoms with E-state index in [9.17, 15) is 68.4 Å². The molecule has 416 valence electrons. The van der Waals surface area contributed by atoms with E-state index in [-0.39, 0.29) is 37.2 Å². The monoisotopic (exact) mass is 1090 g/mol. The van der Waals surface area contributed by atoms with E-state index in [1.54, 1.807) is 50.6 Å². The van der Waals surface area contributed by atoms with Crippen molar-refractivity contribution in [2.24, 2.45) is 17.4 Å². The average molecular weight is 1090 g/mol. The molecule has 4 aromatic rings. The number of amides is 9. The second-order valence-electron chi connectivity index (χ2n) is 18.4. The van der Waals surface area contributed by atoms with Gasteiger partial charge in [0.1, 0.15) is 53.8 Å². The molecule has 0 aliphatic rings. The molecule has 1 heterocycles. The number of rotatable bonds is 30. The third-order valence-corrected chi connectivity index (χ3v) is 12.6. The third-order valence-electron chi connectivity index (χ3n) is 11.9. The summed E-state index contributed by atoms with van der Waals surface area (Å²) in [6, 6.07) is 7.24. The minimum Gasteiger partial charge on any atom is -0.508 e. The molecule has 9 amide bonds. The van der Waals surface area contributed by atoms with Crippen LogP contribution in [-0.4, -0.2) is 158 Å². The van der Waals surface area contributed by atoms with Gasteiger partial charge in [0.05, 0.1) is 25.6 Å². The molecule has 4 rings (SSSR count). The van der Waals surface area contributed by atoms with E-state index in [1.165, 1.54) is 67.2 Å². The number of carbonyl (C=O) groups excluding carboxylic acids is 9. The van der Waals surface area contributed by atoms with E-state index in [2.05, 4.69) is 47.5 Å². The smallest absolute Gasteiger partial charge is 0.326 e. The molecule has 0 saturated heterocycles. The Bertz CT molecular complexity index is 2720. The van der Waals surface area contributed by atoms with Crippen LogP contribution >= 0.6 is 11.8 Å². The maximum Gasteiger partial charge on any atom is 0.326 e. The molecule has 0 fully saturated rings. The highest BCUT2D eigenvalue weighted by Crippen LogP contribution is 2.20. The normalized spacial score (nSPS) is 14.2. The lowest BCUT2D eigenvalue weighted by Gasteiger charge is -2.27. The van der Waals surface area contributed by atoms with Crippen LogP contribution in [0.1, 0.15) is 50.3 Å². The number of aliphatic hydroxyl groups is 1. The second kappa shape index (κ2) is 29.8. The van der Waals surface area contributed by atoms with Gasteiger partial charge in [0.25, 0.3) is 0 Å². The van der Waals surface area contributed by atoms with Crippen LogP contribution in [0.3, 0.4) is 0 Å². The van der Waals surface area contributed by atoms with Gasteiger partial charge in [-0.2, -0.15) is 11.8 Å². The molecule has 0 spiro atoms. The molecule has 0 saturated carbocycles. The van der Waals surface area contributed by atoms with Gasteiger partial charge in [-0.15, -0.1) is 0 Å². The van der Waals surface area contributed by atoms with Crippen molar-refractivity contribution in [2.45, 2.75) is 101 Å². The van der Waals surface area contributed by atoms with E-state index < -0.39 is 133 Å². The van der Waals surface area contributed by atoms with E-state index in [0.29, 0.717) is 22.4 Å². The van der Waals surface area contributed by atoms with E-state index in [4.69, 9.17) is 11.5 Å². The molecule has 26 heteroatoms. The van der Waals surface area contributed by atoms with Gasteiger partial charge in [0.15, 0.2) is 0 Å². The first-order valence-electron chi connectivity index (χ1n) is 24.4. The molecule has 0 unspecified atom stereocenters. The number of hydrogen-bond acceptors (Lipinski definition) is 15. The molecule has 0 radical (unpaired) electrons. The minimum atomic E-state index is -1.71. The molecule has 0 bridgehead atoms. The van der Waals surface area contributed by atoms with Gasteiger partial charge in [0.2, 0.25) is 53.2 Å². The van der Waals surface area contributed by atoms with Gasteiger partial charge in [-0.3, -0.25) is 43.2 Å². The number of carboxylic acids is 1. The summed E-state index contributed by atoms with van der Waals surface area (Å²) in [7, 11) is 0. The van der Waals surface area contributed by atoms with E-state index >= 15 is 0 Å². The zero-order chi connectivity index (χ0) is 56.9. The van der Waals surface area contributed by atoms with Gasteiger partial charge < -0.3 is 79.4 Å². The summed E-state index contributed by atoms with van der Waals surface area (Å²) < 4.78 is 0. The third kappa shape index (κ3) is 19.4. The summed E-state index contributed by atoms with van der Waals surface area (Å²) in [4.78, 5) is 136. The number of phenolic OH excluding ortho intramolecular Hbond substituents is 2. The zero-order valence-corrected chi connectivity index (χ0v) is 43.6. The van der Waals surface area contributed by atoms with Crippen molar-refractivity contribution >= 4 is 81.8 Å². The van der Waals surface area contributed by atoms with Crippen LogP contribution in [0.2, 0.25) is 0 Å². The van der Waals surface area contributed by atoms with Crippen LogP contribution in [0.4, 0.5) is 0 Å². The number of fused-ring (bicyclic) bond motifs is 1. The number of benzene rings is 3. The van der Waals surface area contributed by atoms with E-state index in [1.807, 2.05) is 0 Å². The first-order valence-corrected chi connectivity index (χ1v) is 25.8. The fraction of sp³-hybridized carbons (Fsp3) is 0.412. The fourth-order valence-electron chi connectivity index (χ4n) is 7.69. The van der Waals surface area contributed by atoms with Gasteiger partial charge in [-0.05, 0) is 78.3 Å². The molecular weight excluding hydrogens is 1020 g/mol. The Morgan fingerprint density at radius 1 is 0.597 bits per heavy atom. The zero-order valence-electron chi connectivity index (χ0n) is 42.8. The summed E-state index contributed by atoms with van der Waals surface area (Å²) in [5.41, 5.74) is 13.4. The predicted molar refractivity (Wildman–Crippen MR) is 282 cm³/mol. The number of para-hydroxylation sites is 1. The first kappa shape index (κ1) is 61.3. The Morgan fingerprint density at radius 2 is 1.09 bits per heavy atom.